The molecule has 1 fully saturated rings. The molecule has 130 valence electrons. The monoisotopic (exact) mass is 340 g/mol. The summed E-state index contributed by atoms with van der Waals surface area (Å²) in [5, 5.41) is 6.33. The second-order valence-electron chi connectivity index (χ2n) is 6.47. The molecule has 0 spiro atoms. The quantitative estimate of drug-likeness (QED) is 0.836. The molecule has 2 atom stereocenters. The van der Waals surface area contributed by atoms with E-state index in [0.29, 0.717) is 18.5 Å². The fraction of sp³-hybridized carbons (Fsp3) is 0.611. The average Bonchev–Trinajstić information content (AvgIpc) is 2.97. The van der Waals surface area contributed by atoms with Crippen LogP contribution < -0.4 is 15.4 Å². The fourth-order valence-electron chi connectivity index (χ4n) is 2.93. The van der Waals surface area contributed by atoms with E-state index in [4.69, 9.17) is 4.74 Å². The summed E-state index contributed by atoms with van der Waals surface area (Å²) in [7, 11) is 0. The van der Waals surface area contributed by atoms with Crippen LogP contribution in [0.1, 0.15) is 50.7 Å². The van der Waals surface area contributed by atoms with Gasteiger partial charge in [-0.05, 0) is 62.4 Å². The molecule has 1 aromatic rings. The highest BCUT2D eigenvalue weighted by Crippen LogP contribution is 2.24. The Labute approximate surface area is 145 Å². The number of hydrogen-bond acceptors (Lipinski definition) is 3. The maximum atomic E-state index is 12.1. The number of nitrogens with one attached hydrogen (secondary N) is 2. The van der Waals surface area contributed by atoms with Gasteiger partial charge in [-0.1, -0.05) is 19.9 Å². The topological polar surface area (TPSA) is 50.4 Å². The highest BCUT2D eigenvalue weighted by atomic mass is 35.5. The molecule has 23 heavy (non-hydrogen) atoms. The Morgan fingerprint density at radius 1 is 1.39 bits per heavy atom. The molecule has 0 bridgehead atoms. The Morgan fingerprint density at radius 3 is 2.70 bits per heavy atom. The van der Waals surface area contributed by atoms with E-state index in [9.17, 15) is 4.79 Å². The van der Waals surface area contributed by atoms with Crippen LogP contribution in [0.3, 0.4) is 0 Å². The number of aryl methyl sites for hydroxylation is 1. The number of carbonyl (C=O) groups excluding carboxylic acids is 1. The predicted molar refractivity (Wildman–Crippen MR) is 96.6 cm³/mol. The highest BCUT2D eigenvalue weighted by Gasteiger charge is 2.19. The summed E-state index contributed by atoms with van der Waals surface area (Å²) in [5.41, 5.74) is 2.52. The van der Waals surface area contributed by atoms with E-state index in [1.165, 1.54) is 17.5 Å². The number of halogens is 1. The summed E-state index contributed by atoms with van der Waals surface area (Å²) >= 11 is 0. The van der Waals surface area contributed by atoms with E-state index in [0.717, 1.165) is 18.7 Å². The molecule has 1 amide bonds. The van der Waals surface area contributed by atoms with E-state index < -0.39 is 6.10 Å². The molecule has 0 aliphatic carbocycles. The number of benzene rings is 1. The van der Waals surface area contributed by atoms with Crippen molar-refractivity contribution in [2.75, 3.05) is 13.1 Å². The van der Waals surface area contributed by atoms with Crippen LogP contribution in [0.25, 0.3) is 0 Å². The van der Waals surface area contributed by atoms with Crippen molar-refractivity contribution in [2.24, 2.45) is 0 Å². The Morgan fingerprint density at radius 2 is 2.13 bits per heavy atom. The van der Waals surface area contributed by atoms with Crippen LogP contribution in [0.5, 0.6) is 5.75 Å². The molecule has 1 heterocycles. The molecule has 5 heteroatoms. The van der Waals surface area contributed by atoms with Gasteiger partial charge < -0.3 is 15.4 Å². The lowest BCUT2D eigenvalue weighted by atomic mass is 9.98. The van der Waals surface area contributed by atoms with Gasteiger partial charge in [0.05, 0.1) is 0 Å². The highest BCUT2D eigenvalue weighted by molar-refractivity contribution is 5.85. The molecule has 1 saturated heterocycles. The third kappa shape index (κ3) is 5.70. The van der Waals surface area contributed by atoms with E-state index in [2.05, 4.69) is 37.5 Å². The first-order valence-corrected chi connectivity index (χ1v) is 8.25. The van der Waals surface area contributed by atoms with Crippen LogP contribution in [0, 0.1) is 6.92 Å². The van der Waals surface area contributed by atoms with Crippen LogP contribution in [0.4, 0.5) is 0 Å². The predicted octanol–water partition coefficient (Wildman–Crippen LogP) is 3.18. The first kappa shape index (κ1) is 19.8. The minimum atomic E-state index is -0.481. The van der Waals surface area contributed by atoms with E-state index >= 15 is 0 Å². The molecule has 4 nitrogen and oxygen atoms in total. The Kier molecular flexibility index (Phi) is 7.86. The van der Waals surface area contributed by atoms with Gasteiger partial charge in [0.2, 0.25) is 0 Å². The minimum Gasteiger partial charge on any atom is -0.481 e. The zero-order valence-electron chi connectivity index (χ0n) is 14.5. The van der Waals surface area contributed by atoms with Crippen molar-refractivity contribution >= 4 is 18.3 Å². The number of carbonyl (C=O) groups is 1. The molecule has 0 radical (unpaired) electrons. The van der Waals surface area contributed by atoms with Crippen LogP contribution in [0.15, 0.2) is 18.2 Å². The van der Waals surface area contributed by atoms with E-state index in [1.807, 2.05) is 12.1 Å². The zero-order valence-corrected chi connectivity index (χ0v) is 15.3. The second-order valence-corrected chi connectivity index (χ2v) is 6.47. The molecule has 1 aliphatic heterocycles. The lowest BCUT2D eigenvalue weighted by molar-refractivity contribution is -0.127. The third-order valence-electron chi connectivity index (χ3n) is 4.23. The number of amides is 1. The molecule has 2 unspecified atom stereocenters. The molecule has 1 aliphatic rings. The van der Waals surface area contributed by atoms with Gasteiger partial charge in [-0.3, -0.25) is 4.79 Å². The molecule has 0 saturated carbocycles. The standard InChI is InChI=1S/C18H28N2O2.ClH/c1-12(2)17-8-7-16(10-13(17)3)22-14(4)18(21)20-11-15-6-5-9-19-15;/h7-8,10,12,14-15,19H,5-6,9,11H2,1-4H3,(H,20,21);1H. The summed E-state index contributed by atoms with van der Waals surface area (Å²) in [5.74, 6) is 1.19. The van der Waals surface area contributed by atoms with Crippen molar-refractivity contribution in [1.82, 2.24) is 10.6 Å². The Bertz CT molecular complexity index is 514. The molecular weight excluding hydrogens is 312 g/mol. The molecular formula is C18H29ClN2O2. The second kappa shape index (κ2) is 9.14. The number of ether oxygens (including phenoxy) is 1. The van der Waals surface area contributed by atoms with Gasteiger partial charge in [0.15, 0.2) is 6.10 Å². The van der Waals surface area contributed by atoms with Crippen molar-refractivity contribution < 1.29 is 9.53 Å². The first-order chi connectivity index (χ1) is 10.5. The maximum absolute atomic E-state index is 12.1. The fourth-order valence-corrected chi connectivity index (χ4v) is 2.93. The Hall–Kier alpha value is -1.26. The van der Waals surface area contributed by atoms with Crippen LogP contribution >= 0.6 is 12.4 Å². The lowest BCUT2D eigenvalue weighted by Gasteiger charge is -2.18. The van der Waals surface area contributed by atoms with Gasteiger partial charge >= 0.3 is 0 Å². The molecule has 2 N–H and O–H groups in total. The van der Waals surface area contributed by atoms with Crippen molar-refractivity contribution in [2.45, 2.75) is 58.6 Å². The average molecular weight is 341 g/mol. The van der Waals surface area contributed by atoms with Gasteiger partial charge in [0, 0.05) is 12.6 Å². The van der Waals surface area contributed by atoms with Gasteiger partial charge in [-0.2, -0.15) is 0 Å². The largest absolute Gasteiger partial charge is 0.481 e. The van der Waals surface area contributed by atoms with Crippen molar-refractivity contribution in [3.63, 3.8) is 0 Å². The SMILES string of the molecule is Cc1cc(OC(C)C(=O)NCC2CCCN2)ccc1C(C)C.Cl. The number of rotatable bonds is 6. The van der Waals surface area contributed by atoms with Crippen LogP contribution in [0.2, 0.25) is 0 Å². The smallest absolute Gasteiger partial charge is 0.260 e. The summed E-state index contributed by atoms with van der Waals surface area (Å²) < 4.78 is 5.77. The number of hydrogen-bond donors (Lipinski definition) is 2. The summed E-state index contributed by atoms with van der Waals surface area (Å²) in [6.45, 7) is 9.96. The van der Waals surface area contributed by atoms with Crippen molar-refractivity contribution in [1.29, 1.82) is 0 Å². The summed E-state index contributed by atoms with van der Waals surface area (Å²) in [6, 6.07) is 6.45. The molecule has 2 rings (SSSR count). The maximum Gasteiger partial charge on any atom is 0.260 e. The first-order valence-electron chi connectivity index (χ1n) is 8.25. The summed E-state index contributed by atoms with van der Waals surface area (Å²) in [4.78, 5) is 12.1. The Balaban J connectivity index is 0.00000264. The minimum absolute atomic E-state index is 0. The van der Waals surface area contributed by atoms with Crippen LogP contribution in [-0.2, 0) is 4.79 Å². The van der Waals surface area contributed by atoms with Gasteiger partial charge in [-0.25, -0.2) is 0 Å². The van der Waals surface area contributed by atoms with Gasteiger partial charge in [0.25, 0.3) is 5.91 Å². The third-order valence-corrected chi connectivity index (χ3v) is 4.23. The van der Waals surface area contributed by atoms with Gasteiger partial charge in [-0.15, -0.1) is 12.4 Å². The van der Waals surface area contributed by atoms with Crippen molar-refractivity contribution in [3.05, 3.63) is 29.3 Å². The van der Waals surface area contributed by atoms with Gasteiger partial charge in [0.1, 0.15) is 5.75 Å². The van der Waals surface area contributed by atoms with E-state index in [1.54, 1.807) is 6.92 Å². The van der Waals surface area contributed by atoms with Crippen LogP contribution in [-0.4, -0.2) is 31.1 Å². The van der Waals surface area contributed by atoms with Crippen molar-refractivity contribution in [3.8, 4) is 5.75 Å². The van der Waals surface area contributed by atoms with E-state index in [-0.39, 0.29) is 18.3 Å². The molecule has 0 aromatic heterocycles. The lowest BCUT2D eigenvalue weighted by Crippen LogP contribution is -2.42. The molecule has 1 aromatic carbocycles. The normalized spacial score (nSPS) is 18.4. The summed E-state index contributed by atoms with van der Waals surface area (Å²) in [6.07, 6.45) is 1.84. The zero-order chi connectivity index (χ0) is 16.1.